The van der Waals surface area contributed by atoms with Gasteiger partial charge in [0.1, 0.15) is 11.6 Å². The van der Waals surface area contributed by atoms with Gasteiger partial charge in [0.25, 0.3) is 5.91 Å². The minimum Gasteiger partial charge on any atom is -0.370 e. The highest BCUT2D eigenvalue weighted by atomic mass is 35.5. The second-order valence-corrected chi connectivity index (χ2v) is 7.57. The van der Waals surface area contributed by atoms with Gasteiger partial charge < -0.3 is 10.2 Å². The molecule has 1 amide bonds. The normalized spacial score (nSPS) is 19.9. The van der Waals surface area contributed by atoms with E-state index in [-0.39, 0.29) is 22.8 Å². The van der Waals surface area contributed by atoms with Gasteiger partial charge in [-0.2, -0.15) is 0 Å². The maximum atomic E-state index is 13.9. The van der Waals surface area contributed by atoms with Crippen LogP contribution in [0.4, 0.5) is 10.2 Å². The molecule has 0 bridgehead atoms. The van der Waals surface area contributed by atoms with Crippen LogP contribution in [0.3, 0.4) is 0 Å². The Bertz CT molecular complexity index is 812. The zero-order valence-corrected chi connectivity index (χ0v) is 16.5. The lowest BCUT2D eigenvalue weighted by molar-refractivity contribution is 0.0827. The van der Waals surface area contributed by atoms with Crippen LogP contribution in [-0.4, -0.2) is 54.9 Å². The van der Waals surface area contributed by atoms with Crippen LogP contribution < -0.4 is 5.32 Å². The Morgan fingerprint density at radius 2 is 2.15 bits per heavy atom. The van der Waals surface area contributed by atoms with Crippen molar-refractivity contribution in [2.45, 2.75) is 12.5 Å². The highest BCUT2D eigenvalue weighted by Gasteiger charge is 2.33. The molecule has 1 aromatic heterocycles. The first-order valence-electron chi connectivity index (χ1n) is 8.93. The molecule has 1 fully saturated rings. The number of pyridine rings is 1. The fraction of sp³-hybridized carbons (Fsp3) is 0.400. The maximum absolute atomic E-state index is 13.9. The molecule has 0 aliphatic carbocycles. The number of halogens is 2. The van der Waals surface area contributed by atoms with Crippen LogP contribution in [0.15, 0.2) is 36.5 Å². The average Bonchev–Trinajstić information content (AvgIpc) is 3.02. The summed E-state index contributed by atoms with van der Waals surface area (Å²) in [6.07, 6.45) is 2.59. The van der Waals surface area contributed by atoms with E-state index in [4.69, 9.17) is 11.6 Å². The van der Waals surface area contributed by atoms with Crippen LogP contribution in [0, 0.1) is 11.7 Å². The average molecular weight is 391 g/mol. The van der Waals surface area contributed by atoms with Gasteiger partial charge in [-0.25, -0.2) is 9.37 Å². The first-order chi connectivity index (χ1) is 12.9. The predicted octanol–water partition coefficient (Wildman–Crippen LogP) is 3.68. The molecule has 3 rings (SSSR count). The van der Waals surface area contributed by atoms with Crippen molar-refractivity contribution in [3.63, 3.8) is 0 Å². The molecule has 27 heavy (non-hydrogen) atoms. The molecular weight excluding hydrogens is 367 g/mol. The Morgan fingerprint density at radius 1 is 1.37 bits per heavy atom. The third-order valence-corrected chi connectivity index (χ3v) is 5.33. The molecule has 0 saturated carbocycles. The van der Waals surface area contributed by atoms with Gasteiger partial charge in [-0.1, -0.05) is 17.7 Å². The van der Waals surface area contributed by atoms with Crippen molar-refractivity contribution in [1.29, 1.82) is 0 Å². The Kier molecular flexibility index (Phi) is 5.97. The monoisotopic (exact) mass is 390 g/mol. The number of aromatic nitrogens is 1. The summed E-state index contributed by atoms with van der Waals surface area (Å²) in [5, 5.41) is 3.49. The number of likely N-dealkylation sites (tertiary alicyclic amines) is 1. The number of anilines is 1. The lowest BCUT2D eigenvalue weighted by atomic mass is 9.93. The van der Waals surface area contributed by atoms with Crippen LogP contribution in [0.5, 0.6) is 0 Å². The summed E-state index contributed by atoms with van der Waals surface area (Å²) in [5.74, 6) is 0.585. The van der Waals surface area contributed by atoms with Crippen molar-refractivity contribution in [1.82, 2.24) is 14.8 Å². The molecule has 1 aliphatic rings. The first kappa shape index (κ1) is 19.6. The topological polar surface area (TPSA) is 48.5 Å². The van der Waals surface area contributed by atoms with E-state index in [0.29, 0.717) is 18.0 Å². The number of nitrogens with one attached hydrogen (secondary N) is 1. The summed E-state index contributed by atoms with van der Waals surface area (Å²) in [6, 6.07) is 8.74. The van der Waals surface area contributed by atoms with Gasteiger partial charge in [0.15, 0.2) is 0 Å². The number of nitrogens with zero attached hydrogens (tertiary/aromatic N) is 3. The van der Waals surface area contributed by atoms with Gasteiger partial charge in [0.05, 0.1) is 10.6 Å². The van der Waals surface area contributed by atoms with E-state index >= 15 is 0 Å². The van der Waals surface area contributed by atoms with Gasteiger partial charge in [0, 0.05) is 32.9 Å². The maximum Gasteiger partial charge on any atom is 0.254 e. The molecule has 2 aromatic rings. The van der Waals surface area contributed by atoms with E-state index in [2.05, 4.69) is 22.2 Å². The van der Waals surface area contributed by atoms with E-state index < -0.39 is 0 Å². The van der Waals surface area contributed by atoms with Crippen LogP contribution in [0.2, 0.25) is 5.02 Å². The molecule has 5 nitrogen and oxygen atoms in total. The fourth-order valence-electron chi connectivity index (χ4n) is 3.58. The second kappa shape index (κ2) is 8.23. The molecule has 2 unspecified atom stereocenters. The lowest BCUT2D eigenvalue weighted by Gasteiger charge is -2.26. The quantitative estimate of drug-likeness (QED) is 0.846. The number of hydrogen-bond acceptors (Lipinski definition) is 4. The summed E-state index contributed by atoms with van der Waals surface area (Å²) in [4.78, 5) is 20.0. The van der Waals surface area contributed by atoms with Crippen LogP contribution in [0.25, 0.3) is 0 Å². The van der Waals surface area contributed by atoms with Crippen molar-refractivity contribution in [3.05, 3.63) is 58.5 Å². The predicted molar refractivity (Wildman–Crippen MR) is 106 cm³/mol. The highest BCUT2D eigenvalue weighted by Crippen LogP contribution is 2.37. The van der Waals surface area contributed by atoms with E-state index in [0.717, 1.165) is 24.3 Å². The van der Waals surface area contributed by atoms with E-state index in [1.807, 2.05) is 12.1 Å². The van der Waals surface area contributed by atoms with Crippen molar-refractivity contribution in [2.75, 3.05) is 39.5 Å². The molecule has 144 valence electrons. The molecule has 2 heterocycles. The second-order valence-electron chi connectivity index (χ2n) is 7.16. The van der Waals surface area contributed by atoms with Crippen LogP contribution >= 0.6 is 11.6 Å². The minimum atomic E-state index is -0.385. The molecule has 2 atom stereocenters. The summed E-state index contributed by atoms with van der Waals surface area (Å²) in [5.41, 5.74) is 1.49. The van der Waals surface area contributed by atoms with E-state index in [1.54, 1.807) is 32.4 Å². The van der Waals surface area contributed by atoms with Crippen molar-refractivity contribution in [3.8, 4) is 0 Å². The van der Waals surface area contributed by atoms with Gasteiger partial charge in [-0.05, 0) is 55.8 Å². The lowest BCUT2D eigenvalue weighted by Crippen LogP contribution is -2.25. The first-order valence-corrected chi connectivity index (χ1v) is 9.31. The summed E-state index contributed by atoms with van der Waals surface area (Å²) in [6.45, 7) is 1.66. The molecule has 0 spiro atoms. The van der Waals surface area contributed by atoms with Crippen molar-refractivity contribution < 1.29 is 9.18 Å². The molecule has 1 aliphatic heterocycles. The van der Waals surface area contributed by atoms with Crippen LogP contribution in [0.1, 0.15) is 28.4 Å². The van der Waals surface area contributed by atoms with Crippen molar-refractivity contribution in [2.24, 2.45) is 5.92 Å². The van der Waals surface area contributed by atoms with Crippen LogP contribution in [-0.2, 0) is 0 Å². The number of rotatable bonds is 5. The van der Waals surface area contributed by atoms with Gasteiger partial charge in [-0.15, -0.1) is 0 Å². The number of amides is 1. The molecule has 1 saturated heterocycles. The Balaban J connectivity index is 1.67. The largest absolute Gasteiger partial charge is 0.370 e. The third kappa shape index (κ3) is 4.39. The number of benzene rings is 1. The molecule has 1 N–H and O–H groups in total. The highest BCUT2D eigenvalue weighted by molar-refractivity contribution is 6.30. The smallest absolute Gasteiger partial charge is 0.254 e. The van der Waals surface area contributed by atoms with Gasteiger partial charge in [0.2, 0.25) is 0 Å². The SMILES string of the molecule is CN(C)C(=O)c1ccc(NCC2CCN(C)C2c2ccc(Cl)c(F)c2)nc1. The van der Waals surface area contributed by atoms with E-state index in [9.17, 15) is 9.18 Å². The number of carbonyl (C=O) groups excluding carboxylic acids is 1. The Hall–Kier alpha value is -2.18. The van der Waals surface area contributed by atoms with Crippen molar-refractivity contribution >= 4 is 23.3 Å². The Labute approximate surface area is 164 Å². The van der Waals surface area contributed by atoms with E-state index in [1.165, 1.54) is 11.0 Å². The number of hydrogen-bond donors (Lipinski definition) is 1. The third-order valence-electron chi connectivity index (χ3n) is 5.02. The summed E-state index contributed by atoms with van der Waals surface area (Å²) < 4.78 is 13.9. The summed E-state index contributed by atoms with van der Waals surface area (Å²) >= 11 is 5.82. The summed E-state index contributed by atoms with van der Waals surface area (Å²) in [7, 11) is 5.48. The standard InChI is InChI=1S/C20H24ClFN4O/c1-25(2)20(27)15-5-7-18(24-12-15)23-11-14-8-9-26(3)19(14)13-4-6-16(21)17(22)10-13/h4-7,10,12,14,19H,8-9,11H2,1-3H3,(H,23,24). The number of carbonyl (C=O) groups is 1. The molecule has 1 aromatic carbocycles. The Morgan fingerprint density at radius 3 is 2.78 bits per heavy atom. The molecule has 0 radical (unpaired) electrons. The zero-order valence-electron chi connectivity index (χ0n) is 15.7. The minimum absolute atomic E-state index is 0.0729. The van der Waals surface area contributed by atoms with Gasteiger partial charge >= 0.3 is 0 Å². The molecule has 7 heteroatoms. The fourth-order valence-corrected chi connectivity index (χ4v) is 3.70. The van der Waals surface area contributed by atoms with Gasteiger partial charge in [-0.3, -0.25) is 9.69 Å². The zero-order chi connectivity index (χ0) is 19.6. The molecular formula is C20H24ClFN4O.